The summed E-state index contributed by atoms with van der Waals surface area (Å²) < 4.78 is 68.5. The van der Waals surface area contributed by atoms with Crippen LogP contribution in [0.3, 0.4) is 0 Å². The standard InChI is InChI=1S/C83H162O17P2/c1-6-10-13-16-18-20-22-24-26-27-28-29-30-34-37-41-44-48-52-57-62-67-81(86)94-73-79(100-83(88)69-64-59-54-50-46-42-38-35-32-31-33-36-39-43-47-51-56-60-65-76(5)9-4)75-98-102(91,92)96-71-77(84)70-95-101(89,90)97-74-78(72-93-80(85)66-61-55-15-12-8-3)99-82(87)68-63-58-53-49-45-40-25-23-21-19-17-14-11-7-2/h76-79,84H,6-75H2,1-5H3,(H,89,90)(H,91,92)/t76?,77-,78+,79+/m0/s1. The SMILES string of the molecule is CCCCCCCCCCCCCCCCCCCCCCCC(=O)OC[C@H](COP(=O)(O)OC[C@@H](O)COP(=O)(O)OC[C@@H](COC(=O)CCCCCCC)OC(=O)CCCCCCCCCCCCCCCC)OC(=O)CCCCCCCCCCCCCCCCCCCCC(C)CC. The molecule has 0 aliphatic rings. The second-order valence-corrected chi connectivity index (χ2v) is 33.0. The van der Waals surface area contributed by atoms with Crippen LogP contribution in [0, 0.1) is 5.92 Å². The molecule has 102 heavy (non-hydrogen) atoms. The lowest BCUT2D eigenvalue weighted by molar-refractivity contribution is -0.161. The Morgan fingerprint density at radius 2 is 0.471 bits per heavy atom. The summed E-state index contributed by atoms with van der Waals surface area (Å²) in [5.74, 6) is -1.25. The maximum atomic E-state index is 13.1. The summed E-state index contributed by atoms with van der Waals surface area (Å²) in [5.41, 5.74) is 0. The lowest BCUT2D eigenvalue weighted by Crippen LogP contribution is -2.30. The van der Waals surface area contributed by atoms with Crippen LogP contribution in [0.1, 0.15) is 446 Å². The van der Waals surface area contributed by atoms with Gasteiger partial charge in [0.05, 0.1) is 26.4 Å². The molecule has 0 aliphatic carbocycles. The van der Waals surface area contributed by atoms with Crippen LogP contribution in [0.15, 0.2) is 0 Å². The fourth-order valence-corrected chi connectivity index (χ4v) is 14.5. The smallest absolute Gasteiger partial charge is 0.462 e. The van der Waals surface area contributed by atoms with E-state index in [4.69, 9.17) is 37.0 Å². The van der Waals surface area contributed by atoms with Gasteiger partial charge in [-0.25, -0.2) is 9.13 Å². The number of rotatable bonds is 83. The number of phosphoric ester groups is 2. The Kier molecular flexibility index (Phi) is 74.4. The molecule has 3 N–H and O–H groups in total. The van der Waals surface area contributed by atoms with Gasteiger partial charge in [-0.05, 0) is 31.6 Å². The molecule has 0 amide bonds. The van der Waals surface area contributed by atoms with Crippen LogP contribution in [0.5, 0.6) is 0 Å². The van der Waals surface area contributed by atoms with Gasteiger partial charge in [-0.15, -0.1) is 0 Å². The van der Waals surface area contributed by atoms with Gasteiger partial charge in [0.1, 0.15) is 19.3 Å². The number of hydrogen-bond acceptors (Lipinski definition) is 15. The Labute approximate surface area is 626 Å². The van der Waals surface area contributed by atoms with Crippen LogP contribution in [-0.2, 0) is 65.4 Å². The van der Waals surface area contributed by atoms with E-state index in [1.807, 2.05) is 0 Å². The van der Waals surface area contributed by atoms with Crippen molar-refractivity contribution >= 4 is 39.5 Å². The number of ether oxygens (including phenoxy) is 4. The van der Waals surface area contributed by atoms with E-state index >= 15 is 0 Å². The second kappa shape index (κ2) is 75.9. The summed E-state index contributed by atoms with van der Waals surface area (Å²) in [4.78, 5) is 72.8. The van der Waals surface area contributed by atoms with Crippen molar-refractivity contribution in [3.05, 3.63) is 0 Å². The number of aliphatic hydroxyl groups excluding tert-OH is 1. The minimum absolute atomic E-state index is 0.107. The van der Waals surface area contributed by atoms with E-state index in [9.17, 15) is 43.2 Å². The van der Waals surface area contributed by atoms with E-state index < -0.39 is 97.5 Å². The summed E-state index contributed by atoms with van der Waals surface area (Å²) in [6, 6.07) is 0. The number of aliphatic hydroxyl groups is 1. The van der Waals surface area contributed by atoms with E-state index in [-0.39, 0.29) is 25.7 Å². The highest BCUT2D eigenvalue weighted by atomic mass is 31.2. The normalized spacial score (nSPS) is 14.1. The molecule has 0 fully saturated rings. The van der Waals surface area contributed by atoms with Gasteiger partial charge >= 0.3 is 39.5 Å². The third-order valence-corrected chi connectivity index (χ3v) is 21.8. The quantitative estimate of drug-likeness (QED) is 0.0222. The summed E-state index contributed by atoms with van der Waals surface area (Å²) >= 11 is 0. The molecule has 17 nitrogen and oxygen atoms in total. The average Bonchev–Trinajstić information content (AvgIpc) is 1.00. The molecule has 0 aromatic carbocycles. The summed E-state index contributed by atoms with van der Waals surface area (Å²) in [6.45, 7) is 7.32. The molecule has 6 atom stereocenters. The lowest BCUT2D eigenvalue weighted by atomic mass is 9.99. The molecule has 0 bridgehead atoms. The predicted octanol–water partition coefficient (Wildman–Crippen LogP) is 25.2. The maximum absolute atomic E-state index is 13.1. The highest BCUT2D eigenvalue weighted by molar-refractivity contribution is 7.47. The van der Waals surface area contributed by atoms with Crippen molar-refractivity contribution in [2.24, 2.45) is 5.92 Å². The summed E-state index contributed by atoms with van der Waals surface area (Å²) in [7, 11) is -9.91. The number of phosphoric acid groups is 2. The second-order valence-electron chi connectivity index (χ2n) is 30.1. The molecular formula is C83H162O17P2. The topological polar surface area (TPSA) is 237 Å². The van der Waals surface area contributed by atoms with Crippen molar-refractivity contribution in [3.8, 4) is 0 Å². The molecule has 0 aliphatic heterocycles. The Hall–Kier alpha value is -1.94. The van der Waals surface area contributed by atoms with Crippen LogP contribution in [-0.4, -0.2) is 96.7 Å². The maximum Gasteiger partial charge on any atom is 0.472 e. The molecule has 0 rings (SSSR count). The van der Waals surface area contributed by atoms with Gasteiger partial charge in [-0.1, -0.05) is 394 Å². The Morgan fingerprint density at radius 1 is 0.275 bits per heavy atom. The van der Waals surface area contributed by atoms with Crippen LogP contribution >= 0.6 is 15.6 Å². The van der Waals surface area contributed by atoms with Gasteiger partial charge in [-0.2, -0.15) is 0 Å². The average molecular weight is 1490 g/mol. The zero-order chi connectivity index (χ0) is 74.8. The predicted molar refractivity (Wildman–Crippen MR) is 418 cm³/mol. The number of unbranched alkanes of at least 4 members (excludes halogenated alkanes) is 54. The number of hydrogen-bond donors (Lipinski definition) is 3. The van der Waals surface area contributed by atoms with Crippen LogP contribution < -0.4 is 0 Å². The van der Waals surface area contributed by atoms with E-state index in [0.717, 1.165) is 102 Å². The van der Waals surface area contributed by atoms with Crippen LogP contribution in [0.2, 0.25) is 0 Å². The summed E-state index contributed by atoms with van der Waals surface area (Å²) in [5, 5.41) is 10.6. The van der Waals surface area contributed by atoms with Crippen molar-refractivity contribution in [1.29, 1.82) is 0 Å². The number of carbonyl (C=O) groups excluding carboxylic acids is 4. The van der Waals surface area contributed by atoms with E-state index in [1.165, 1.54) is 263 Å². The Balaban J connectivity index is 5.10. The zero-order valence-electron chi connectivity index (χ0n) is 66.8. The van der Waals surface area contributed by atoms with Crippen LogP contribution in [0.4, 0.5) is 0 Å². The molecule has 0 saturated carbocycles. The molecule has 3 unspecified atom stereocenters. The van der Waals surface area contributed by atoms with E-state index in [1.54, 1.807) is 0 Å². The van der Waals surface area contributed by atoms with Gasteiger partial charge < -0.3 is 33.8 Å². The van der Waals surface area contributed by atoms with Gasteiger partial charge in [0.15, 0.2) is 12.2 Å². The van der Waals surface area contributed by atoms with Crippen molar-refractivity contribution in [2.45, 2.75) is 464 Å². The minimum atomic E-state index is -4.96. The fraction of sp³-hybridized carbons (Fsp3) is 0.952. The third kappa shape index (κ3) is 74.9. The monoisotopic (exact) mass is 1490 g/mol. The molecule has 606 valence electrons. The zero-order valence-corrected chi connectivity index (χ0v) is 68.5. The first-order valence-electron chi connectivity index (χ1n) is 43.2. The first-order chi connectivity index (χ1) is 49.6. The van der Waals surface area contributed by atoms with Crippen molar-refractivity contribution in [3.63, 3.8) is 0 Å². The number of esters is 4. The van der Waals surface area contributed by atoms with Crippen molar-refractivity contribution in [2.75, 3.05) is 39.6 Å². The fourth-order valence-electron chi connectivity index (χ4n) is 12.9. The van der Waals surface area contributed by atoms with Gasteiger partial charge in [-0.3, -0.25) is 37.3 Å². The largest absolute Gasteiger partial charge is 0.472 e. The van der Waals surface area contributed by atoms with Crippen molar-refractivity contribution < 1.29 is 80.2 Å². The molecule has 0 spiro atoms. The molecule has 0 radical (unpaired) electrons. The molecule has 19 heteroatoms. The van der Waals surface area contributed by atoms with Crippen LogP contribution in [0.25, 0.3) is 0 Å². The molecule has 0 aromatic rings. The highest BCUT2D eigenvalue weighted by Crippen LogP contribution is 2.45. The molecule has 0 aromatic heterocycles. The van der Waals surface area contributed by atoms with E-state index in [2.05, 4.69) is 34.6 Å². The number of carbonyl (C=O) groups is 4. The molecule has 0 heterocycles. The minimum Gasteiger partial charge on any atom is -0.462 e. The first-order valence-corrected chi connectivity index (χ1v) is 46.2. The third-order valence-electron chi connectivity index (χ3n) is 19.9. The van der Waals surface area contributed by atoms with E-state index in [0.29, 0.717) is 25.7 Å². The van der Waals surface area contributed by atoms with Gasteiger partial charge in [0, 0.05) is 25.7 Å². The Morgan fingerprint density at radius 3 is 0.696 bits per heavy atom. The van der Waals surface area contributed by atoms with Gasteiger partial charge in [0.25, 0.3) is 0 Å². The first kappa shape index (κ1) is 100. The highest BCUT2D eigenvalue weighted by Gasteiger charge is 2.30. The molecule has 0 saturated heterocycles. The summed E-state index contributed by atoms with van der Waals surface area (Å²) in [6.07, 6.45) is 68.6. The van der Waals surface area contributed by atoms with Crippen molar-refractivity contribution in [1.82, 2.24) is 0 Å². The molecular weight excluding hydrogens is 1330 g/mol. The Bertz CT molecular complexity index is 1950. The van der Waals surface area contributed by atoms with Gasteiger partial charge in [0.2, 0.25) is 0 Å². The lowest BCUT2D eigenvalue weighted by Gasteiger charge is -2.21.